The van der Waals surface area contributed by atoms with Gasteiger partial charge in [0.05, 0.1) is 11.3 Å². The van der Waals surface area contributed by atoms with Gasteiger partial charge in [0.2, 0.25) is 0 Å². The van der Waals surface area contributed by atoms with Crippen LogP contribution in [0.25, 0.3) is 10.8 Å². The molecular weight excluding hydrogens is 316 g/mol. The molecule has 25 heavy (non-hydrogen) atoms. The van der Waals surface area contributed by atoms with Gasteiger partial charge in [-0.05, 0) is 30.5 Å². The molecule has 3 aromatic carbocycles. The smallest absolute Gasteiger partial charge is 0.265 e. The summed E-state index contributed by atoms with van der Waals surface area (Å²) in [6.45, 7) is 1.66. The Morgan fingerprint density at radius 1 is 0.960 bits per heavy atom. The van der Waals surface area contributed by atoms with Gasteiger partial charge in [0.15, 0.2) is 6.10 Å². The molecular formula is C20H18N2O3. The molecule has 0 unspecified atom stereocenters. The van der Waals surface area contributed by atoms with Crippen LogP contribution < -0.4 is 15.8 Å². The third kappa shape index (κ3) is 3.61. The lowest BCUT2D eigenvalue weighted by Crippen LogP contribution is -2.31. The lowest BCUT2D eigenvalue weighted by molar-refractivity contribution is -0.122. The van der Waals surface area contributed by atoms with Gasteiger partial charge < -0.3 is 15.8 Å². The first-order valence-corrected chi connectivity index (χ1v) is 7.90. The molecule has 5 nitrogen and oxygen atoms in total. The van der Waals surface area contributed by atoms with Crippen LogP contribution in [0.2, 0.25) is 0 Å². The van der Waals surface area contributed by atoms with Crippen molar-refractivity contribution in [3.8, 4) is 5.75 Å². The number of benzene rings is 3. The quantitative estimate of drug-likeness (QED) is 0.751. The Labute approximate surface area is 145 Å². The number of hydrogen-bond donors (Lipinski definition) is 2. The van der Waals surface area contributed by atoms with Crippen LogP contribution >= 0.6 is 0 Å². The van der Waals surface area contributed by atoms with E-state index in [1.165, 1.54) is 0 Å². The van der Waals surface area contributed by atoms with Gasteiger partial charge in [0.25, 0.3) is 11.8 Å². The number of para-hydroxylation sites is 1. The number of amides is 2. The van der Waals surface area contributed by atoms with Gasteiger partial charge >= 0.3 is 0 Å². The molecule has 0 saturated heterocycles. The predicted octanol–water partition coefficient (Wildman–Crippen LogP) is 3.34. The first-order valence-electron chi connectivity index (χ1n) is 7.90. The zero-order chi connectivity index (χ0) is 17.8. The number of nitrogens with one attached hydrogen (secondary N) is 1. The van der Waals surface area contributed by atoms with Crippen molar-refractivity contribution >= 4 is 28.3 Å². The number of anilines is 1. The molecule has 3 N–H and O–H groups in total. The Bertz CT molecular complexity index is 932. The van der Waals surface area contributed by atoms with Crippen LogP contribution in [-0.2, 0) is 4.79 Å². The summed E-state index contributed by atoms with van der Waals surface area (Å²) < 4.78 is 5.83. The molecule has 0 heterocycles. The Balaban J connectivity index is 1.78. The Hall–Kier alpha value is -3.34. The SMILES string of the molecule is C[C@@H](Oc1cccc2ccccc12)C(=O)Nc1ccccc1C(N)=O. The number of ether oxygens (including phenoxy) is 1. The van der Waals surface area contributed by atoms with Crippen LogP contribution in [0, 0.1) is 0 Å². The normalized spacial score (nSPS) is 11.7. The largest absolute Gasteiger partial charge is 0.480 e. The predicted molar refractivity (Wildman–Crippen MR) is 97.6 cm³/mol. The second-order valence-electron chi connectivity index (χ2n) is 5.64. The van der Waals surface area contributed by atoms with Gasteiger partial charge in [-0.15, -0.1) is 0 Å². The second kappa shape index (κ2) is 7.05. The van der Waals surface area contributed by atoms with Crippen molar-refractivity contribution in [2.24, 2.45) is 5.73 Å². The number of carbonyl (C=O) groups excluding carboxylic acids is 2. The van der Waals surface area contributed by atoms with E-state index in [1.54, 1.807) is 31.2 Å². The molecule has 1 atom stereocenters. The van der Waals surface area contributed by atoms with Crippen molar-refractivity contribution in [1.82, 2.24) is 0 Å². The first kappa shape index (κ1) is 16.5. The number of hydrogen-bond acceptors (Lipinski definition) is 3. The zero-order valence-corrected chi connectivity index (χ0v) is 13.7. The maximum Gasteiger partial charge on any atom is 0.265 e. The molecule has 0 saturated carbocycles. The van der Waals surface area contributed by atoms with Crippen molar-refractivity contribution in [2.45, 2.75) is 13.0 Å². The summed E-state index contributed by atoms with van der Waals surface area (Å²) in [5.41, 5.74) is 5.96. The van der Waals surface area contributed by atoms with Crippen LogP contribution in [0.1, 0.15) is 17.3 Å². The van der Waals surface area contributed by atoms with Gasteiger partial charge in [0, 0.05) is 5.39 Å². The highest BCUT2D eigenvalue weighted by atomic mass is 16.5. The molecule has 0 aliphatic rings. The molecule has 0 aliphatic heterocycles. The molecule has 0 bridgehead atoms. The summed E-state index contributed by atoms with van der Waals surface area (Å²) in [6, 6.07) is 20.1. The molecule has 0 aromatic heterocycles. The Kier molecular flexibility index (Phi) is 4.66. The van der Waals surface area contributed by atoms with E-state index in [9.17, 15) is 9.59 Å². The number of primary amides is 1. The van der Waals surface area contributed by atoms with E-state index in [0.29, 0.717) is 11.4 Å². The first-order chi connectivity index (χ1) is 12.1. The molecule has 3 rings (SSSR count). The van der Waals surface area contributed by atoms with Gasteiger partial charge in [-0.1, -0.05) is 48.5 Å². The maximum atomic E-state index is 12.4. The fourth-order valence-corrected chi connectivity index (χ4v) is 2.58. The topological polar surface area (TPSA) is 81.4 Å². The average molecular weight is 334 g/mol. The van der Waals surface area contributed by atoms with Gasteiger partial charge in [0.1, 0.15) is 5.75 Å². The van der Waals surface area contributed by atoms with Gasteiger partial charge in [-0.2, -0.15) is 0 Å². The van der Waals surface area contributed by atoms with Crippen LogP contribution in [0.3, 0.4) is 0 Å². The highest BCUT2D eigenvalue weighted by molar-refractivity contribution is 6.04. The standard InChI is InChI=1S/C20H18N2O3/c1-13(20(24)22-17-11-5-4-10-16(17)19(21)23)25-18-12-6-8-14-7-2-3-9-15(14)18/h2-13H,1H3,(H2,21,23)(H,22,24)/t13-/m1/s1. The minimum atomic E-state index is -0.744. The third-order valence-electron chi connectivity index (χ3n) is 3.87. The van der Waals surface area contributed by atoms with E-state index in [2.05, 4.69) is 5.32 Å². The van der Waals surface area contributed by atoms with E-state index >= 15 is 0 Å². The Morgan fingerprint density at radius 2 is 1.64 bits per heavy atom. The zero-order valence-electron chi connectivity index (χ0n) is 13.7. The third-order valence-corrected chi connectivity index (χ3v) is 3.87. The number of rotatable bonds is 5. The fourth-order valence-electron chi connectivity index (χ4n) is 2.58. The summed E-state index contributed by atoms with van der Waals surface area (Å²) >= 11 is 0. The van der Waals surface area contributed by atoms with Gasteiger partial charge in [-0.25, -0.2) is 0 Å². The molecule has 2 amide bonds. The highest BCUT2D eigenvalue weighted by Crippen LogP contribution is 2.26. The lowest BCUT2D eigenvalue weighted by Gasteiger charge is -2.17. The molecule has 0 radical (unpaired) electrons. The number of nitrogens with two attached hydrogens (primary N) is 1. The summed E-state index contributed by atoms with van der Waals surface area (Å²) in [5, 5.41) is 4.66. The molecule has 3 aromatic rings. The van der Waals surface area contributed by atoms with Crippen molar-refractivity contribution in [3.05, 3.63) is 72.3 Å². The summed E-state index contributed by atoms with van der Waals surface area (Å²) in [5.74, 6) is -0.330. The lowest BCUT2D eigenvalue weighted by atomic mass is 10.1. The average Bonchev–Trinajstić information content (AvgIpc) is 2.62. The fraction of sp³-hybridized carbons (Fsp3) is 0.100. The summed E-state index contributed by atoms with van der Waals surface area (Å²) in [6.07, 6.45) is -0.744. The van der Waals surface area contributed by atoms with Crippen molar-refractivity contribution in [1.29, 1.82) is 0 Å². The number of carbonyl (C=O) groups is 2. The maximum absolute atomic E-state index is 12.4. The molecule has 0 fully saturated rings. The molecule has 0 aliphatic carbocycles. The minimum Gasteiger partial charge on any atom is -0.480 e. The van der Waals surface area contributed by atoms with Crippen molar-refractivity contribution < 1.29 is 14.3 Å². The highest BCUT2D eigenvalue weighted by Gasteiger charge is 2.18. The number of fused-ring (bicyclic) bond motifs is 1. The van der Waals surface area contributed by atoms with Crippen molar-refractivity contribution in [2.75, 3.05) is 5.32 Å². The molecule has 0 spiro atoms. The second-order valence-corrected chi connectivity index (χ2v) is 5.64. The van der Waals surface area contributed by atoms with Crippen LogP contribution in [0.5, 0.6) is 5.75 Å². The van der Waals surface area contributed by atoms with E-state index in [-0.39, 0.29) is 11.5 Å². The van der Waals surface area contributed by atoms with Crippen LogP contribution in [0.15, 0.2) is 66.7 Å². The van der Waals surface area contributed by atoms with Crippen molar-refractivity contribution in [3.63, 3.8) is 0 Å². The Morgan fingerprint density at radius 3 is 2.44 bits per heavy atom. The van der Waals surface area contributed by atoms with Crippen LogP contribution in [0.4, 0.5) is 5.69 Å². The minimum absolute atomic E-state index is 0.258. The summed E-state index contributed by atoms with van der Waals surface area (Å²) in [7, 11) is 0. The summed E-state index contributed by atoms with van der Waals surface area (Å²) in [4.78, 5) is 23.9. The van der Waals surface area contributed by atoms with E-state index in [4.69, 9.17) is 10.5 Å². The van der Waals surface area contributed by atoms with Crippen LogP contribution in [-0.4, -0.2) is 17.9 Å². The molecule has 126 valence electrons. The van der Waals surface area contributed by atoms with E-state index in [0.717, 1.165) is 10.8 Å². The van der Waals surface area contributed by atoms with Gasteiger partial charge in [-0.3, -0.25) is 9.59 Å². The van der Waals surface area contributed by atoms with E-state index < -0.39 is 12.0 Å². The molecule has 5 heteroatoms. The van der Waals surface area contributed by atoms with E-state index in [1.807, 2.05) is 42.5 Å². The monoisotopic (exact) mass is 334 g/mol.